The molecule has 0 N–H and O–H groups in total. The molecule has 1 aliphatic heterocycles. The minimum atomic E-state index is -1.38. The Kier molecular flexibility index (Phi) is 11.3. The van der Waals surface area contributed by atoms with Gasteiger partial charge in [0.15, 0.2) is 30.4 Å². The van der Waals surface area contributed by atoms with Gasteiger partial charge >= 0.3 is 23.9 Å². The Morgan fingerprint density at radius 1 is 0.857 bits per heavy atom. The molecule has 1 fully saturated rings. The fourth-order valence-corrected chi connectivity index (χ4v) is 3.33. The molecule has 0 amide bonds. The van der Waals surface area contributed by atoms with E-state index in [4.69, 9.17) is 28.4 Å². The van der Waals surface area contributed by atoms with Gasteiger partial charge in [0.05, 0.1) is 5.60 Å². The molecule has 1 aliphatic rings. The average molecular weight is 499 g/mol. The van der Waals surface area contributed by atoms with E-state index < -0.39 is 60.2 Å². The number of carbonyl (C=O) groups is 5. The lowest BCUT2D eigenvalue weighted by atomic mass is 9.95. The van der Waals surface area contributed by atoms with Crippen LogP contribution in [-0.2, 0) is 52.4 Å². The first-order valence-electron chi connectivity index (χ1n) is 11.0. The van der Waals surface area contributed by atoms with Crippen LogP contribution >= 0.6 is 0 Å². The molecule has 0 unspecified atom stereocenters. The third-order valence-corrected chi connectivity index (χ3v) is 5.09. The molecule has 0 saturated carbocycles. The first kappa shape index (κ1) is 30.0. The molecule has 0 spiro atoms. The van der Waals surface area contributed by atoms with E-state index in [9.17, 15) is 24.0 Å². The summed E-state index contributed by atoms with van der Waals surface area (Å²) in [6.45, 7) is 14.8. The normalized spacial score (nSPS) is 25.4. The molecule has 0 aromatic heterocycles. The van der Waals surface area contributed by atoms with Crippen molar-refractivity contribution < 1.29 is 52.4 Å². The maximum Gasteiger partial charge on any atom is 0.303 e. The van der Waals surface area contributed by atoms with Crippen LogP contribution in [0.15, 0.2) is 24.8 Å². The minimum absolute atomic E-state index is 0.0864. The number of rotatable bonds is 12. The quantitative estimate of drug-likeness (QED) is 0.169. The van der Waals surface area contributed by atoms with Gasteiger partial charge in [-0.3, -0.25) is 24.0 Å². The number of esters is 4. The number of carbonyl (C=O) groups excluding carboxylic acids is 5. The van der Waals surface area contributed by atoms with Crippen LogP contribution in [0.4, 0.5) is 0 Å². The van der Waals surface area contributed by atoms with Crippen molar-refractivity contribution in [2.24, 2.45) is 0 Å². The van der Waals surface area contributed by atoms with E-state index in [-0.39, 0.29) is 25.2 Å². The van der Waals surface area contributed by atoms with Crippen LogP contribution in [0.2, 0.25) is 0 Å². The van der Waals surface area contributed by atoms with E-state index in [1.807, 2.05) is 0 Å². The molecule has 35 heavy (non-hydrogen) atoms. The van der Waals surface area contributed by atoms with E-state index in [1.165, 1.54) is 13.0 Å². The monoisotopic (exact) mass is 498 g/mol. The van der Waals surface area contributed by atoms with Crippen LogP contribution in [0.25, 0.3) is 0 Å². The highest BCUT2D eigenvalue weighted by atomic mass is 16.7. The van der Waals surface area contributed by atoms with E-state index >= 15 is 0 Å². The highest BCUT2D eigenvalue weighted by molar-refractivity contribution is 5.94. The van der Waals surface area contributed by atoms with E-state index in [0.717, 1.165) is 20.8 Å². The van der Waals surface area contributed by atoms with Crippen LogP contribution in [0.3, 0.4) is 0 Å². The summed E-state index contributed by atoms with van der Waals surface area (Å²) in [5.74, 6) is -3.05. The van der Waals surface area contributed by atoms with Gasteiger partial charge in [-0.05, 0) is 25.8 Å². The van der Waals surface area contributed by atoms with Crippen molar-refractivity contribution >= 4 is 29.7 Å². The van der Waals surface area contributed by atoms with Crippen LogP contribution in [0.1, 0.15) is 54.4 Å². The summed E-state index contributed by atoms with van der Waals surface area (Å²) in [4.78, 5) is 59.1. The summed E-state index contributed by atoms with van der Waals surface area (Å²) in [5, 5.41) is 0. The fraction of sp³-hybridized carbons (Fsp3) is 0.625. The Hall–Kier alpha value is -3.05. The van der Waals surface area contributed by atoms with Gasteiger partial charge in [-0.2, -0.15) is 0 Å². The molecule has 11 nitrogen and oxygen atoms in total. The van der Waals surface area contributed by atoms with Crippen molar-refractivity contribution in [2.45, 2.75) is 90.7 Å². The molecular weight excluding hydrogens is 464 g/mol. The molecule has 196 valence electrons. The summed E-state index contributed by atoms with van der Waals surface area (Å²) in [6, 6.07) is 0. The van der Waals surface area contributed by atoms with Crippen molar-refractivity contribution in [1.82, 2.24) is 0 Å². The minimum Gasteiger partial charge on any atom is -0.463 e. The van der Waals surface area contributed by atoms with Crippen LogP contribution < -0.4 is 0 Å². The van der Waals surface area contributed by atoms with E-state index in [2.05, 4.69) is 13.2 Å². The summed E-state index contributed by atoms with van der Waals surface area (Å²) < 4.78 is 33.1. The third kappa shape index (κ3) is 9.61. The average Bonchev–Trinajstić information content (AvgIpc) is 2.73. The molecule has 0 aromatic rings. The van der Waals surface area contributed by atoms with Gasteiger partial charge in [0.25, 0.3) is 0 Å². The lowest BCUT2D eigenvalue weighted by Crippen LogP contribution is -2.63. The number of hydrogen-bond acceptors (Lipinski definition) is 11. The lowest BCUT2D eigenvalue weighted by Gasteiger charge is -2.46. The third-order valence-electron chi connectivity index (χ3n) is 5.09. The molecule has 0 bridgehead atoms. The molecule has 0 aromatic carbocycles. The second kappa shape index (κ2) is 13.1. The molecule has 1 heterocycles. The summed E-state index contributed by atoms with van der Waals surface area (Å²) in [7, 11) is 0. The maximum atomic E-state index is 12.1. The molecule has 6 atom stereocenters. The molecule has 11 heteroatoms. The summed E-state index contributed by atoms with van der Waals surface area (Å²) in [6.07, 6.45) is -4.82. The summed E-state index contributed by atoms with van der Waals surface area (Å²) >= 11 is 0. The van der Waals surface area contributed by atoms with Gasteiger partial charge in [0, 0.05) is 34.1 Å². The van der Waals surface area contributed by atoms with Crippen molar-refractivity contribution in [2.75, 3.05) is 6.61 Å². The highest BCUT2D eigenvalue weighted by Gasteiger charge is 2.54. The zero-order valence-electron chi connectivity index (χ0n) is 21.0. The Labute approximate surface area is 204 Å². The van der Waals surface area contributed by atoms with Crippen molar-refractivity contribution in [3.8, 4) is 0 Å². The smallest absolute Gasteiger partial charge is 0.303 e. The van der Waals surface area contributed by atoms with Gasteiger partial charge in [0.1, 0.15) is 12.7 Å². The van der Waals surface area contributed by atoms with Crippen LogP contribution in [0.5, 0.6) is 0 Å². The van der Waals surface area contributed by atoms with E-state index in [0.29, 0.717) is 5.57 Å². The number of hydrogen-bond donors (Lipinski definition) is 0. The molecule has 1 rings (SSSR count). The van der Waals surface area contributed by atoms with Gasteiger partial charge in [-0.15, -0.1) is 6.58 Å². The predicted molar refractivity (Wildman–Crippen MR) is 121 cm³/mol. The number of ketones is 1. The second-order valence-electron chi connectivity index (χ2n) is 8.41. The van der Waals surface area contributed by atoms with Crippen molar-refractivity contribution in [3.05, 3.63) is 24.8 Å². The number of allylic oxidation sites excluding steroid dienone is 1. The number of Topliss-reactive ketones (excluding diaryl/α,β-unsaturated/α-hetero) is 1. The van der Waals surface area contributed by atoms with E-state index in [1.54, 1.807) is 13.8 Å². The summed E-state index contributed by atoms with van der Waals surface area (Å²) in [5.41, 5.74) is -0.779. The standard InChI is InChI=1S/C24H34O11/c1-9-24(8,11-10-18(29)13(2)3)35-23-22(33-17(7)28)21(32-16(6)27)20(31-15(5)26)19(34-23)12-30-14(4)25/h9,19-23H,1-2,10-12H2,3-8H3/t19-,20-,21+,22-,23+,24-/m1/s1. The zero-order valence-corrected chi connectivity index (χ0v) is 21.0. The fourth-order valence-electron chi connectivity index (χ4n) is 3.33. The van der Waals surface area contributed by atoms with Crippen molar-refractivity contribution in [1.29, 1.82) is 0 Å². The molecular formula is C24H34O11. The second-order valence-corrected chi connectivity index (χ2v) is 8.41. The first-order chi connectivity index (χ1) is 16.2. The topological polar surface area (TPSA) is 141 Å². The van der Waals surface area contributed by atoms with Crippen LogP contribution in [0, 0.1) is 0 Å². The molecule has 0 radical (unpaired) electrons. The lowest BCUT2D eigenvalue weighted by molar-refractivity contribution is -0.324. The highest BCUT2D eigenvalue weighted by Crippen LogP contribution is 2.33. The molecule has 0 aliphatic carbocycles. The van der Waals surface area contributed by atoms with Gasteiger partial charge in [-0.1, -0.05) is 12.7 Å². The molecule has 1 saturated heterocycles. The number of ether oxygens (including phenoxy) is 6. The Morgan fingerprint density at radius 2 is 1.37 bits per heavy atom. The first-order valence-corrected chi connectivity index (χ1v) is 11.0. The van der Waals surface area contributed by atoms with Gasteiger partial charge < -0.3 is 28.4 Å². The van der Waals surface area contributed by atoms with Gasteiger partial charge in [-0.25, -0.2) is 0 Å². The SMILES string of the molecule is C=C[C@](C)(CCC(=O)C(=C)C)O[C@@H]1O[C@H](COC(C)=O)[C@@H](OC(C)=O)[C@H](OC(C)=O)[C@H]1OC(C)=O. The predicted octanol–water partition coefficient (Wildman–Crippen LogP) is 1.96. The van der Waals surface area contributed by atoms with Crippen LogP contribution in [-0.4, -0.2) is 72.6 Å². The Balaban J connectivity index is 3.41. The Morgan fingerprint density at radius 3 is 1.83 bits per heavy atom. The van der Waals surface area contributed by atoms with Gasteiger partial charge in [0.2, 0.25) is 0 Å². The van der Waals surface area contributed by atoms with Crippen molar-refractivity contribution in [3.63, 3.8) is 0 Å². The maximum absolute atomic E-state index is 12.1. The Bertz CT molecular complexity index is 848. The zero-order chi connectivity index (χ0) is 26.9. The largest absolute Gasteiger partial charge is 0.463 e.